The van der Waals surface area contributed by atoms with Crippen LogP contribution >= 0.6 is 0 Å². The number of carbonyl (C=O) groups is 1. The summed E-state index contributed by atoms with van der Waals surface area (Å²) in [5.74, 6) is 0.823. The van der Waals surface area contributed by atoms with Crippen molar-refractivity contribution < 1.29 is 14.3 Å². The predicted octanol–water partition coefficient (Wildman–Crippen LogP) is 1.93. The standard InChI is InChI=1S/C21H35N3O3/c1-22-8-5-19(15-22)14-21(25)24(17-20-4-3-12-27-20)16-18-6-9-23(10-7-18)11-13-26-2/h5,8,15,18,20H,3-4,6-7,9-14,16-17H2,1-2H3. The summed E-state index contributed by atoms with van der Waals surface area (Å²) < 4.78 is 13.0. The molecule has 0 bridgehead atoms. The lowest BCUT2D eigenvalue weighted by Gasteiger charge is -2.35. The average Bonchev–Trinajstić information content (AvgIpc) is 3.32. The van der Waals surface area contributed by atoms with Crippen LogP contribution in [0, 0.1) is 5.92 Å². The number of hydrogen-bond acceptors (Lipinski definition) is 4. The van der Waals surface area contributed by atoms with E-state index in [9.17, 15) is 4.79 Å². The van der Waals surface area contributed by atoms with Crippen LogP contribution in [-0.2, 0) is 27.7 Å². The normalized spacial score (nSPS) is 21.6. The number of hydrogen-bond donors (Lipinski definition) is 0. The van der Waals surface area contributed by atoms with E-state index in [1.54, 1.807) is 7.11 Å². The highest BCUT2D eigenvalue weighted by atomic mass is 16.5. The maximum Gasteiger partial charge on any atom is 0.227 e. The monoisotopic (exact) mass is 377 g/mol. The molecular weight excluding hydrogens is 342 g/mol. The van der Waals surface area contributed by atoms with E-state index < -0.39 is 0 Å². The molecule has 0 saturated carbocycles. The largest absolute Gasteiger partial charge is 0.383 e. The van der Waals surface area contributed by atoms with Gasteiger partial charge >= 0.3 is 0 Å². The predicted molar refractivity (Wildman–Crippen MR) is 106 cm³/mol. The van der Waals surface area contributed by atoms with Crippen LogP contribution in [0.3, 0.4) is 0 Å². The smallest absolute Gasteiger partial charge is 0.227 e. The van der Waals surface area contributed by atoms with Gasteiger partial charge in [0.1, 0.15) is 0 Å². The highest BCUT2D eigenvalue weighted by Crippen LogP contribution is 2.21. The summed E-state index contributed by atoms with van der Waals surface area (Å²) in [6, 6.07) is 2.04. The SMILES string of the molecule is COCCN1CCC(CN(CC2CCCO2)C(=O)Cc2ccn(C)c2)CC1. The third kappa shape index (κ3) is 6.33. The lowest BCUT2D eigenvalue weighted by atomic mass is 9.95. The molecule has 3 heterocycles. The lowest BCUT2D eigenvalue weighted by Crippen LogP contribution is -2.44. The Morgan fingerprint density at radius 1 is 1.30 bits per heavy atom. The molecule has 1 amide bonds. The van der Waals surface area contributed by atoms with Crippen molar-refractivity contribution in [3.05, 3.63) is 24.0 Å². The maximum atomic E-state index is 13.0. The first-order valence-corrected chi connectivity index (χ1v) is 10.4. The van der Waals surface area contributed by atoms with Crippen molar-refractivity contribution in [2.24, 2.45) is 13.0 Å². The molecule has 27 heavy (non-hydrogen) atoms. The van der Waals surface area contributed by atoms with Gasteiger partial charge in [-0.25, -0.2) is 0 Å². The van der Waals surface area contributed by atoms with Crippen LogP contribution in [0.25, 0.3) is 0 Å². The van der Waals surface area contributed by atoms with Gasteiger partial charge in [0.05, 0.1) is 19.1 Å². The molecule has 0 aliphatic carbocycles. The fraction of sp³-hybridized carbons (Fsp3) is 0.762. The number of rotatable bonds is 9. The van der Waals surface area contributed by atoms with Crippen LogP contribution in [0.4, 0.5) is 0 Å². The van der Waals surface area contributed by atoms with Gasteiger partial charge < -0.3 is 23.8 Å². The van der Waals surface area contributed by atoms with Crippen molar-refractivity contribution in [1.82, 2.24) is 14.4 Å². The second-order valence-electron chi connectivity index (χ2n) is 8.07. The van der Waals surface area contributed by atoms with E-state index in [2.05, 4.69) is 9.80 Å². The van der Waals surface area contributed by atoms with Gasteiger partial charge in [0, 0.05) is 52.8 Å². The summed E-state index contributed by atoms with van der Waals surface area (Å²) in [6.07, 6.45) is 9.24. The van der Waals surface area contributed by atoms with Gasteiger partial charge in [0.25, 0.3) is 0 Å². The minimum absolute atomic E-state index is 0.214. The zero-order chi connectivity index (χ0) is 19.1. The molecule has 0 radical (unpaired) electrons. The Hall–Kier alpha value is -1.37. The van der Waals surface area contributed by atoms with Crippen LogP contribution in [-0.4, -0.2) is 79.4 Å². The average molecular weight is 378 g/mol. The van der Waals surface area contributed by atoms with Gasteiger partial charge in [0.15, 0.2) is 0 Å². The molecule has 152 valence electrons. The molecule has 1 atom stereocenters. The molecule has 6 heteroatoms. The fourth-order valence-corrected chi connectivity index (χ4v) is 4.19. The Morgan fingerprint density at radius 2 is 2.11 bits per heavy atom. The Balaban J connectivity index is 1.54. The minimum atomic E-state index is 0.214. The lowest BCUT2D eigenvalue weighted by molar-refractivity contribution is -0.133. The number of aryl methyl sites for hydroxylation is 1. The number of nitrogens with zero attached hydrogens (tertiary/aromatic N) is 3. The molecule has 0 aromatic carbocycles. The second-order valence-corrected chi connectivity index (χ2v) is 8.07. The zero-order valence-electron chi connectivity index (χ0n) is 16.9. The Morgan fingerprint density at radius 3 is 2.74 bits per heavy atom. The fourth-order valence-electron chi connectivity index (χ4n) is 4.19. The van der Waals surface area contributed by atoms with Crippen LogP contribution in [0.2, 0.25) is 0 Å². The highest BCUT2D eigenvalue weighted by molar-refractivity contribution is 5.78. The van der Waals surface area contributed by atoms with E-state index in [-0.39, 0.29) is 12.0 Å². The van der Waals surface area contributed by atoms with Crippen molar-refractivity contribution in [2.75, 3.05) is 53.0 Å². The molecule has 6 nitrogen and oxygen atoms in total. The van der Waals surface area contributed by atoms with Crippen molar-refractivity contribution in [1.29, 1.82) is 0 Å². The summed E-state index contributed by atoms with van der Waals surface area (Å²) in [5.41, 5.74) is 1.09. The van der Waals surface area contributed by atoms with Crippen LogP contribution in [0.1, 0.15) is 31.2 Å². The number of piperidine rings is 1. The third-order valence-electron chi connectivity index (χ3n) is 5.85. The van der Waals surface area contributed by atoms with Crippen LogP contribution in [0.15, 0.2) is 18.5 Å². The minimum Gasteiger partial charge on any atom is -0.383 e. The van der Waals surface area contributed by atoms with E-state index in [1.165, 1.54) is 0 Å². The molecule has 0 spiro atoms. The van der Waals surface area contributed by atoms with E-state index >= 15 is 0 Å². The number of aromatic nitrogens is 1. The molecule has 2 aliphatic rings. The number of amides is 1. The summed E-state index contributed by atoms with van der Waals surface area (Å²) in [5, 5.41) is 0. The third-order valence-corrected chi connectivity index (χ3v) is 5.85. The van der Waals surface area contributed by atoms with Crippen LogP contribution < -0.4 is 0 Å². The Kier molecular flexibility index (Phi) is 7.73. The molecule has 2 aliphatic heterocycles. The van der Waals surface area contributed by atoms with E-state index in [1.807, 2.05) is 30.1 Å². The molecule has 3 rings (SSSR count). The first-order valence-electron chi connectivity index (χ1n) is 10.4. The molecule has 2 fully saturated rings. The molecule has 1 aromatic rings. The van der Waals surface area contributed by atoms with Crippen molar-refractivity contribution in [2.45, 2.75) is 38.2 Å². The summed E-state index contributed by atoms with van der Waals surface area (Å²) in [6.45, 7) is 6.47. The van der Waals surface area contributed by atoms with Gasteiger partial charge in [-0.1, -0.05) is 0 Å². The van der Waals surface area contributed by atoms with Crippen LogP contribution in [0.5, 0.6) is 0 Å². The molecular formula is C21H35N3O3. The van der Waals surface area contributed by atoms with Gasteiger partial charge in [-0.05, 0) is 56.3 Å². The quantitative estimate of drug-likeness (QED) is 0.660. The van der Waals surface area contributed by atoms with Crippen molar-refractivity contribution >= 4 is 5.91 Å². The molecule has 0 N–H and O–H groups in total. The summed E-state index contributed by atoms with van der Waals surface area (Å²) in [7, 11) is 3.75. The Labute approximate surface area is 163 Å². The maximum absolute atomic E-state index is 13.0. The van der Waals surface area contributed by atoms with E-state index in [0.717, 1.165) is 77.2 Å². The van der Waals surface area contributed by atoms with Gasteiger partial charge in [0.2, 0.25) is 5.91 Å². The summed E-state index contributed by atoms with van der Waals surface area (Å²) >= 11 is 0. The second kappa shape index (κ2) is 10.2. The van der Waals surface area contributed by atoms with Gasteiger partial charge in [-0.2, -0.15) is 0 Å². The van der Waals surface area contributed by atoms with Crippen molar-refractivity contribution in [3.8, 4) is 0 Å². The number of carbonyl (C=O) groups excluding carboxylic acids is 1. The number of likely N-dealkylation sites (tertiary alicyclic amines) is 1. The van der Waals surface area contributed by atoms with E-state index in [4.69, 9.17) is 9.47 Å². The zero-order valence-corrected chi connectivity index (χ0v) is 16.9. The number of ether oxygens (including phenoxy) is 2. The number of methoxy groups -OCH3 is 1. The van der Waals surface area contributed by atoms with Crippen molar-refractivity contribution in [3.63, 3.8) is 0 Å². The Bertz CT molecular complexity index is 575. The molecule has 1 unspecified atom stereocenters. The van der Waals surface area contributed by atoms with E-state index in [0.29, 0.717) is 12.3 Å². The molecule has 2 saturated heterocycles. The first-order chi connectivity index (χ1) is 13.1. The first kappa shape index (κ1) is 20.4. The highest BCUT2D eigenvalue weighted by Gasteiger charge is 2.27. The molecule has 1 aromatic heterocycles. The van der Waals surface area contributed by atoms with Gasteiger partial charge in [-0.3, -0.25) is 4.79 Å². The van der Waals surface area contributed by atoms with Gasteiger partial charge in [-0.15, -0.1) is 0 Å². The summed E-state index contributed by atoms with van der Waals surface area (Å²) in [4.78, 5) is 17.6. The topological polar surface area (TPSA) is 46.9 Å².